The third-order valence-corrected chi connectivity index (χ3v) is 6.82. The second-order valence-corrected chi connectivity index (χ2v) is 8.56. The molecule has 1 heterocycles. The van der Waals surface area contributed by atoms with E-state index in [4.69, 9.17) is 4.74 Å². The van der Waals surface area contributed by atoms with Crippen molar-refractivity contribution >= 4 is 10.0 Å². The van der Waals surface area contributed by atoms with Gasteiger partial charge in [-0.15, -0.1) is 0 Å². The van der Waals surface area contributed by atoms with Crippen molar-refractivity contribution in [1.29, 1.82) is 0 Å². The number of hydrogen-bond acceptors (Lipinski definition) is 3. The van der Waals surface area contributed by atoms with Gasteiger partial charge in [0.2, 0.25) is 10.0 Å². The molecule has 0 radical (unpaired) electrons. The first-order valence-electron chi connectivity index (χ1n) is 8.87. The molecule has 0 aromatic heterocycles. The summed E-state index contributed by atoms with van der Waals surface area (Å²) in [6.07, 6.45) is 2.63. The zero-order valence-corrected chi connectivity index (χ0v) is 15.9. The fourth-order valence-electron chi connectivity index (χ4n) is 3.43. The van der Waals surface area contributed by atoms with Crippen LogP contribution in [0.3, 0.4) is 0 Å². The maximum Gasteiger partial charge on any atom is 0.243 e. The smallest absolute Gasteiger partial charge is 0.243 e. The van der Waals surface area contributed by atoms with E-state index in [9.17, 15) is 12.8 Å². The highest BCUT2D eigenvalue weighted by atomic mass is 32.2. The quantitative estimate of drug-likeness (QED) is 0.792. The van der Waals surface area contributed by atoms with E-state index in [0.29, 0.717) is 13.1 Å². The van der Waals surface area contributed by atoms with Gasteiger partial charge in [-0.25, -0.2) is 12.8 Å². The van der Waals surface area contributed by atoms with E-state index in [-0.39, 0.29) is 10.8 Å². The molecule has 6 heteroatoms. The van der Waals surface area contributed by atoms with Crippen LogP contribution in [-0.2, 0) is 16.4 Å². The third-order valence-electron chi connectivity index (χ3n) is 4.94. The molecule has 1 atom stereocenters. The van der Waals surface area contributed by atoms with Crippen molar-refractivity contribution in [3.63, 3.8) is 0 Å². The van der Waals surface area contributed by atoms with Gasteiger partial charge in [0, 0.05) is 13.1 Å². The van der Waals surface area contributed by atoms with Crippen LogP contribution in [0.2, 0.25) is 0 Å². The molecule has 1 fully saturated rings. The standard InChI is InChI=1S/C20H24FNO3S/c1-3-15-11-17(13-19(12-15)25-2)16-5-4-10-22(14-16)26(23,24)20-8-6-18(21)7-9-20/h6-9,11-13,16H,3-5,10,14H2,1-2H3. The largest absolute Gasteiger partial charge is 0.497 e. The SMILES string of the molecule is CCc1cc(OC)cc(C2CCCN(S(=O)(=O)c3ccc(F)cc3)C2)c1. The number of nitrogens with zero attached hydrogens (tertiary/aromatic N) is 1. The molecule has 1 saturated heterocycles. The molecule has 1 aliphatic heterocycles. The number of rotatable bonds is 5. The molecular weight excluding hydrogens is 353 g/mol. The van der Waals surface area contributed by atoms with E-state index in [0.717, 1.165) is 30.6 Å². The summed E-state index contributed by atoms with van der Waals surface area (Å²) < 4.78 is 45.8. The summed E-state index contributed by atoms with van der Waals surface area (Å²) in [7, 11) is -1.97. The zero-order chi connectivity index (χ0) is 18.7. The Kier molecular flexibility index (Phi) is 5.63. The zero-order valence-electron chi connectivity index (χ0n) is 15.1. The molecule has 0 bridgehead atoms. The van der Waals surface area contributed by atoms with Crippen molar-refractivity contribution in [2.75, 3.05) is 20.2 Å². The first-order valence-corrected chi connectivity index (χ1v) is 10.3. The molecule has 0 amide bonds. The monoisotopic (exact) mass is 377 g/mol. The van der Waals surface area contributed by atoms with Gasteiger partial charge in [0.05, 0.1) is 12.0 Å². The molecule has 1 aliphatic rings. The first kappa shape index (κ1) is 18.9. The highest BCUT2D eigenvalue weighted by Crippen LogP contribution is 2.32. The molecule has 0 saturated carbocycles. The minimum absolute atomic E-state index is 0.124. The summed E-state index contributed by atoms with van der Waals surface area (Å²) in [6, 6.07) is 11.2. The molecule has 140 valence electrons. The van der Waals surface area contributed by atoms with E-state index in [1.807, 2.05) is 12.1 Å². The number of hydrogen-bond donors (Lipinski definition) is 0. The summed E-state index contributed by atoms with van der Waals surface area (Å²) >= 11 is 0. The number of benzene rings is 2. The molecule has 0 spiro atoms. The van der Waals surface area contributed by atoms with Crippen LogP contribution < -0.4 is 4.74 Å². The molecule has 4 nitrogen and oxygen atoms in total. The summed E-state index contributed by atoms with van der Waals surface area (Å²) in [5.41, 5.74) is 2.29. The summed E-state index contributed by atoms with van der Waals surface area (Å²) in [5, 5.41) is 0. The first-order chi connectivity index (χ1) is 12.4. The lowest BCUT2D eigenvalue weighted by atomic mass is 9.90. The molecule has 0 aliphatic carbocycles. The Hall–Kier alpha value is -1.92. The van der Waals surface area contributed by atoms with Gasteiger partial charge in [-0.1, -0.05) is 13.0 Å². The van der Waals surface area contributed by atoms with Crippen molar-refractivity contribution in [2.24, 2.45) is 0 Å². The van der Waals surface area contributed by atoms with Crippen LogP contribution in [0, 0.1) is 5.82 Å². The van der Waals surface area contributed by atoms with E-state index >= 15 is 0 Å². The summed E-state index contributed by atoms with van der Waals surface area (Å²) in [4.78, 5) is 0.138. The Morgan fingerprint density at radius 3 is 2.58 bits per heavy atom. The van der Waals surface area contributed by atoms with E-state index in [1.54, 1.807) is 7.11 Å². The van der Waals surface area contributed by atoms with Crippen LogP contribution >= 0.6 is 0 Å². The van der Waals surface area contributed by atoms with E-state index < -0.39 is 15.8 Å². The van der Waals surface area contributed by atoms with Crippen LogP contribution in [0.5, 0.6) is 5.75 Å². The second-order valence-electron chi connectivity index (χ2n) is 6.62. The molecular formula is C20H24FNO3S. The minimum Gasteiger partial charge on any atom is -0.497 e. The van der Waals surface area contributed by atoms with Gasteiger partial charge < -0.3 is 4.74 Å². The van der Waals surface area contributed by atoms with Gasteiger partial charge in [-0.05, 0) is 72.7 Å². The minimum atomic E-state index is -3.62. The number of methoxy groups -OCH3 is 1. The average molecular weight is 377 g/mol. The van der Waals surface area contributed by atoms with Gasteiger partial charge in [-0.3, -0.25) is 0 Å². The van der Waals surface area contributed by atoms with Crippen molar-refractivity contribution in [1.82, 2.24) is 4.31 Å². The Bertz CT molecular complexity index is 843. The van der Waals surface area contributed by atoms with Crippen molar-refractivity contribution in [2.45, 2.75) is 37.0 Å². The van der Waals surface area contributed by atoms with Crippen molar-refractivity contribution < 1.29 is 17.5 Å². The van der Waals surface area contributed by atoms with E-state index in [2.05, 4.69) is 13.0 Å². The normalized spacial score (nSPS) is 18.7. The highest BCUT2D eigenvalue weighted by Gasteiger charge is 2.31. The molecule has 3 rings (SSSR count). The van der Waals surface area contributed by atoms with Crippen molar-refractivity contribution in [3.05, 3.63) is 59.4 Å². The van der Waals surface area contributed by atoms with Gasteiger partial charge in [-0.2, -0.15) is 4.31 Å². The molecule has 0 N–H and O–H groups in total. The Morgan fingerprint density at radius 1 is 1.19 bits per heavy atom. The molecule has 1 unspecified atom stereocenters. The number of piperidine rings is 1. The van der Waals surface area contributed by atoms with Crippen molar-refractivity contribution in [3.8, 4) is 5.75 Å². The van der Waals surface area contributed by atoms with Gasteiger partial charge >= 0.3 is 0 Å². The Balaban J connectivity index is 1.86. The van der Waals surface area contributed by atoms with Crippen LogP contribution in [0.4, 0.5) is 4.39 Å². The predicted molar refractivity (Wildman–Crippen MR) is 99.5 cm³/mol. The topological polar surface area (TPSA) is 46.6 Å². The third kappa shape index (κ3) is 3.91. The molecule has 26 heavy (non-hydrogen) atoms. The average Bonchev–Trinajstić information content (AvgIpc) is 2.68. The lowest BCUT2D eigenvalue weighted by Gasteiger charge is -2.32. The number of aryl methyl sites for hydroxylation is 1. The molecule has 2 aromatic rings. The Labute approximate surface area is 154 Å². The fraction of sp³-hybridized carbons (Fsp3) is 0.400. The molecule has 2 aromatic carbocycles. The van der Waals surface area contributed by atoms with Crippen LogP contribution in [0.15, 0.2) is 47.4 Å². The van der Waals surface area contributed by atoms with Crippen LogP contribution in [0.25, 0.3) is 0 Å². The lowest BCUT2D eigenvalue weighted by Crippen LogP contribution is -2.39. The van der Waals surface area contributed by atoms with E-state index in [1.165, 1.54) is 34.1 Å². The number of halogens is 1. The Morgan fingerprint density at radius 2 is 1.92 bits per heavy atom. The second kappa shape index (κ2) is 7.76. The van der Waals surface area contributed by atoms with Gasteiger partial charge in [0.15, 0.2) is 0 Å². The number of ether oxygens (including phenoxy) is 1. The predicted octanol–water partition coefficient (Wildman–Crippen LogP) is 3.97. The number of sulfonamides is 1. The summed E-state index contributed by atoms with van der Waals surface area (Å²) in [6.45, 7) is 3.00. The summed E-state index contributed by atoms with van der Waals surface area (Å²) in [5.74, 6) is 0.487. The van der Waals surface area contributed by atoms with Gasteiger partial charge in [0.1, 0.15) is 11.6 Å². The maximum atomic E-state index is 13.1. The maximum absolute atomic E-state index is 13.1. The van der Waals surface area contributed by atoms with Crippen LogP contribution in [-0.4, -0.2) is 32.9 Å². The fourth-order valence-corrected chi connectivity index (χ4v) is 4.96. The van der Waals surface area contributed by atoms with Crippen LogP contribution in [0.1, 0.15) is 36.8 Å². The lowest BCUT2D eigenvalue weighted by molar-refractivity contribution is 0.315. The van der Waals surface area contributed by atoms with Gasteiger partial charge in [0.25, 0.3) is 0 Å². The highest BCUT2D eigenvalue weighted by molar-refractivity contribution is 7.89.